The molecule has 0 radical (unpaired) electrons. The third kappa shape index (κ3) is 7.35. The highest BCUT2D eigenvalue weighted by molar-refractivity contribution is 6.01. The van der Waals surface area contributed by atoms with Crippen molar-refractivity contribution in [3.8, 4) is 5.75 Å². The van der Waals surface area contributed by atoms with E-state index in [1.54, 1.807) is 51.1 Å². The zero-order chi connectivity index (χ0) is 30.8. The number of carbonyl (C=O) groups excluding carboxylic acids is 2. The van der Waals surface area contributed by atoms with Crippen molar-refractivity contribution in [1.82, 2.24) is 4.90 Å². The summed E-state index contributed by atoms with van der Waals surface area (Å²) < 4.78 is 52.7. The first kappa shape index (κ1) is 31.2. The fraction of sp³-hybridized carbons (Fsp3) is 0.516. The number of likely N-dealkylation sites (N-methyl/N-ethyl adjacent to an activating group) is 1. The number of hydrogen-bond donors (Lipinski definition) is 1. The van der Waals surface area contributed by atoms with Crippen molar-refractivity contribution in [2.24, 2.45) is 0 Å². The number of halogens is 3. The minimum absolute atomic E-state index is 0.0587. The number of rotatable bonds is 8. The average molecular weight is 591 g/mol. The summed E-state index contributed by atoms with van der Waals surface area (Å²) in [5.41, 5.74) is 0.645. The molecule has 1 N–H and O–H groups in total. The molecule has 4 rings (SSSR count). The molecular weight excluding hydrogens is 553 g/mol. The number of benzene rings is 2. The monoisotopic (exact) mass is 590 g/mol. The second kappa shape index (κ2) is 12.2. The molecule has 2 aromatic rings. The van der Waals surface area contributed by atoms with Gasteiger partial charge in [0.2, 0.25) is 0 Å². The van der Waals surface area contributed by atoms with Gasteiger partial charge in [-0.1, -0.05) is 25.0 Å². The third-order valence-electron chi connectivity index (χ3n) is 7.64. The van der Waals surface area contributed by atoms with Crippen LogP contribution in [0.25, 0.3) is 0 Å². The summed E-state index contributed by atoms with van der Waals surface area (Å²) in [6.07, 6.45) is -1.99. The molecule has 0 unspecified atom stereocenters. The van der Waals surface area contributed by atoms with E-state index >= 15 is 0 Å². The summed E-state index contributed by atoms with van der Waals surface area (Å²) in [6.45, 7) is 5.22. The van der Waals surface area contributed by atoms with Gasteiger partial charge in [-0.15, -0.1) is 0 Å². The number of aliphatic carboxylic acids is 1. The average Bonchev–Trinajstić information content (AvgIpc) is 3.58. The molecule has 8 nitrogen and oxygen atoms in total. The maximum Gasteiger partial charge on any atom is 0.416 e. The number of nitrogens with zero attached hydrogens (tertiary/aromatic N) is 2. The van der Waals surface area contributed by atoms with Gasteiger partial charge in [0, 0.05) is 19.3 Å². The SMILES string of the molecule is CN(C(=O)OC(C)(C)C)[C@H](CC(=O)O)C(=O)N1CCc2cc(OCc3ccc(C4CCCC4)c(C(F)(F)F)c3)ccc21. The van der Waals surface area contributed by atoms with E-state index in [4.69, 9.17) is 9.47 Å². The molecule has 11 heteroatoms. The number of amides is 2. The number of anilines is 1. The number of alkyl halides is 3. The summed E-state index contributed by atoms with van der Waals surface area (Å²) in [5.74, 6) is -1.43. The fourth-order valence-electron chi connectivity index (χ4n) is 5.59. The summed E-state index contributed by atoms with van der Waals surface area (Å²) in [6, 6.07) is 8.15. The van der Waals surface area contributed by atoms with E-state index in [0.29, 0.717) is 29.0 Å². The lowest BCUT2D eigenvalue weighted by Crippen LogP contribution is -2.51. The van der Waals surface area contributed by atoms with Crippen molar-refractivity contribution >= 4 is 23.7 Å². The maximum atomic E-state index is 13.9. The summed E-state index contributed by atoms with van der Waals surface area (Å²) in [4.78, 5) is 40.1. The van der Waals surface area contributed by atoms with Crippen molar-refractivity contribution in [2.45, 2.75) is 89.6 Å². The number of carbonyl (C=O) groups is 3. The van der Waals surface area contributed by atoms with Crippen LogP contribution in [0.3, 0.4) is 0 Å². The van der Waals surface area contributed by atoms with Crippen molar-refractivity contribution in [3.63, 3.8) is 0 Å². The predicted molar refractivity (Wildman–Crippen MR) is 150 cm³/mol. The number of ether oxygens (including phenoxy) is 2. The Morgan fingerprint density at radius 2 is 1.76 bits per heavy atom. The van der Waals surface area contributed by atoms with E-state index in [9.17, 15) is 32.7 Å². The highest BCUT2D eigenvalue weighted by atomic mass is 19.4. The van der Waals surface area contributed by atoms with Gasteiger partial charge in [-0.2, -0.15) is 13.2 Å². The quantitative estimate of drug-likeness (QED) is 0.375. The van der Waals surface area contributed by atoms with E-state index < -0.39 is 47.8 Å². The summed E-state index contributed by atoms with van der Waals surface area (Å²) in [5, 5.41) is 9.43. The molecule has 2 aliphatic rings. The Morgan fingerprint density at radius 1 is 1.07 bits per heavy atom. The zero-order valence-electron chi connectivity index (χ0n) is 24.3. The number of hydrogen-bond acceptors (Lipinski definition) is 5. The molecule has 1 heterocycles. The molecule has 1 atom stereocenters. The molecule has 1 saturated carbocycles. The van der Waals surface area contributed by atoms with Gasteiger partial charge in [0.25, 0.3) is 5.91 Å². The smallest absolute Gasteiger partial charge is 0.416 e. The van der Waals surface area contributed by atoms with Crippen molar-refractivity contribution in [3.05, 3.63) is 58.7 Å². The van der Waals surface area contributed by atoms with Gasteiger partial charge >= 0.3 is 18.2 Å². The maximum absolute atomic E-state index is 13.9. The molecular formula is C31H37F3N2O6. The van der Waals surface area contributed by atoms with Crippen LogP contribution in [-0.2, 0) is 33.5 Å². The Morgan fingerprint density at radius 3 is 2.38 bits per heavy atom. The van der Waals surface area contributed by atoms with Gasteiger partial charge in [0.05, 0.1) is 12.0 Å². The van der Waals surface area contributed by atoms with Gasteiger partial charge in [-0.05, 0) is 86.9 Å². The highest BCUT2D eigenvalue weighted by Crippen LogP contribution is 2.42. The van der Waals surface area contributed by atoms with Gasteiger partial charge in [0.15, 0.2) is 0 Å². The molecule has 0 aromatic heterocycles. The molecule has 228 valence electrons. The molecule has 0 bridgehead atoms. The minimum atomic E-state index is -4.45. The standard InChI is InChI=1S/C31H37F3N2O6/c1-30(2,3)42-29(40)35(4)26(17-27(37)38)28(39)36-14-13-21-16-22(10-12-25(21)36)41-18-19-9-11-23(20-7-5-6-8-20)24(15-19)31(32,33)34/h9-12,15-16,20,26H,5-8,13-14,17-18H2,1-4H3,(H,37,38)/t26-/m1/s1. The fourth-order valence-corrected chi connectivity index (χ4v) is 5.59. The Kier molecular flexibility index (Phi) is 9.08. The van der Waals surface area contributed by atoms with E-state index in [0.717, 1.165) is 36.1 Å². The van der Waals surface area contributed by atoms with Gasteiger partial charge in [-0.25, -0.2) is 4.79 Å². The van der Waals surface area contributed by atoms with E-state index in [2.05, 4.69) is 0 Å². The van der Waals surface area contributed by atoms with Crippen LogP contribution in [-0.4, -0.2) is 53.2 Å². The zero-order valence-corrected chi connectivity index (χ0v) is 24.3. The summed E-state index contributed by atoms with van der Waals surface area (Å²) >= 11 is 0. The van der Waals surface area contributed by atoms with Crippen LogP contribution in [0, 0.1) is 0 Å². The van der Waals surface area contributed by atoms with Crippen LogP contribution in [0.4, 0.5) is 23.7 Å². The Hall–Kier alpha value is -3.76. The second-order valence-electron chi connectivity index (χ2n) is 11.9. The van der Waals surface area contributed by atoms with E-state index in [1.165, 1.54) is 18.0 Å². The first-order valence-corrected chi connectivity index (χ1v) is 14.1. The number of carboxylic acid groups (broad SMARTS) is 1. The Labute approximate surface area is 243 Å². The van der Waals surface area contributed by atoms with E-state index in [-0.39, 0.29) is 19.1 Å². The molecule has 42 heavy (non-hydrogen) atoms. The molecule has 2 amide bonds. The Bertz CT molecular complexity index is 1330. The largest absolute Gasteiger partial charge is 0.489 e. The van der Waals surface area contributed by atoms with Gasteiger partial charge in [0.1, 0.15) is 24.0 Å². The molecule has 0 spiro atoms. The first-order valence-electron chi connectivity index (χ1n) is 14.1. The molecule has 1 fully saturated rings. The lowest BCUT2D eigenvalue weighted by molar-refractivity contribution is -0.141. The normalized spacial score (nSPS) is 16.2. The first-order chi connectivity index (χ1) is 19.6. The van der Waals surface area contributed by atoms with Crippen LogP contribution in [0.15, 0.2) is 36.4 Å². The minimum Gasteiger partial charge on any atom is -0.489 e. The highest BCUT2D eigenvalue weighted by Gasteiger charge is 2.38. The van der Waals surface area contributed by atoms with Crippen molar-refractivity contribution in [2.75, 3.05) is 18.5 Å². The van der Waals surface area contributed by atoms with Crippen LogP contribution in [0.1, 0.15) is 81.0 Å². The topological polar surface area (TPSA) is 96.4 Å². The van der Waals surface area contributed by atoms with Crippen molar-refractivity contribution in [1.29, 1.82) is 0 Å². The summed E-state index contributed by atoms with van der Waals surface area (Å²) in [7, 11) is 1.33. The number of fused-ring (bicyclic) bond motifs is 1. The molecule has 1 aliphatic heterocycles. The van der Waals surface area contributed by atoms with Crippen LogP contribution in [0.5, 0.6) is 5.75 Å². The van der Waals surface area contributed by atoms with Gasteiger partial charge in [-0.3, -0.25) is 14.5 Å². The predicted octanol–water partition coefficient (Wildman–Crippen LogP) is 6.54. The van der Waals surface area contributed by atoms with Crippen LogP contribution in [0.2, 0.25) is 0 Å². The lowest BCUT2D eigenvalue weighted by Gasteiger charge is -2.31. The molecule has 1 aliphatic carbocycles. The second-order valence-corrected chi connectivity index (χ2v) is 11.9. The number of carboxylic acids is 1. The van der Waals surface area contributed by atoms with Crippen LogP contribution >= 0.6 is 0 Å². The van der Waals surface area contributed by atoms with Gasteiger partial charge < -0.3 is 19.5 Å². The third-order valence-corrected chi connectivity index (χ3v) is 7.64. The lowest BCUT2D eigenvalue weighted by atomic mass is 9.91. The molecule has 0 saturated heterocycles. The van der Waals surface area contributed by atoms with Crippen molar-refractivity contribution < 1.29 is 42.1 Å². The van der Waals surface area contributed by atoms with E-state index in [1.807, 2.05) is 0 Å². The van der Waals surface area contributed by atoms with Crippen LogP contribution < -0.4 is 9.64 Å². The Balaban J connectivity index is 1.47. The molecule has 2 aromatic carbocycles.